The van der Waals surface area contributed by atoms with Crippen molar-refractivity contribution in [3.63, 3.8) is 0 Å². The van der Waals surface area contributed by atoms with Crippen molar-refractivity contribution < 1.29 is 14.9 Å². The summed E-state index contributed by atoms with van der Waals surface area (Å²) in [5.41, 5.74) is 0. The molecule has 0 heterocycles. The number of rotatable bonds is 5. The van der Waals surface area contributed by atoms with Gasteiger partial charge in [0.2, 0.25) is 0 Å². The number of aliphatic hydroxyl groups is 2. The van der Waals surface area contributed by atoms with Crippen LogP contribution in [0.5, 0.6) is 0 Å². The van der Waals surface area contributed by atoms with Crippen molar-refractivity contribution in [3.8, 4) is 0 Å². The van der Waals surface area contributed by atoms with Gasteiger partial charge >= 0.3 is 0 Å². The normalized spacial score (nSPS) is 28.7. The van der Waals surface area contributed by atoms with E-state index in [9.17, 15) is 5.11 Å². The zero-order chi connectivity index (χ0) is 10.2. The van der Waals surface area contributed by atoms with Crippen molar-refractivity contribution in [2.45, 2.75) is 44.6 Å². The van der Waals surface area contributed by atoms with Gasteiger partial charge in [-0.15, -0.1) is 0 Å². The molecule has 1 aliphatic carbocycles. The largest absolute Gasteiger partial charge is 0.394 e. The van der Waals surface area contributed by atoms with Gasteiger partial charge in [0, 0.05) is 6.61 Å². The maximum atomic E-state index is 9.80. The Morgan fingerprint density at radius 2 is 1.86 bits per heavy atom. The molecule has 0 spiro atoms. The summed E-state index contributed by atoms with van der Waals surface area (Å²) in [5.74, 6) is 0.413. The Balaban J connectivity index is 2.13. The summed E-state index contributed by atoms with van der Waals surface area (Å²) in [4.78, 5) is 0. The van der Waals surface area contributed by atoms with Crippen LogP contribution in [0.1, 0.15) is 38.5 Å². The van der Waals surface area contributed by atoms with E-state index in [-0.39, 0.29) is 12.7 Å². The van der Waals surface area contributed by atoms with Crippen LogP contribution in [-0.4, -0.2) is 36.1 Å². The molecular formula is C11H22O3. The Kier molecular flexibility index (Phi) is 6.15. The molecule has 84 valence electrons. The lowest BCUT2D eigenvalue weighted by molar-refractivity contribution is 0.0490. The first kappa shape index (κ1) is 12.0. The Labute approximate surface area is 86.1 Å². The smallest absolute Gasteiger partial charge is 0.0697 e. The van der Waals surface area contributed by atoms with Gasteiger partial charge in [0.15, 0.2) is 0 Å². The van der Waals surface area contributed by atoms with Crippen LogP contribution in [0.15, 0.2) is 0 Å². The molecule has 1 saturated carbocycles. The quantitative estimate of drug-likeness (QED) is 0.522. The van der Waals surface area contributed by atoms with Crippen LogP contribution in [0.25, 0.3) is 0 Å². The lowest BCUT2D eigenvalue weighted by Crippen LogP contribution is -2.20. The standard InChI is InChI=1S/C11H22O3/c12-7-9-14-8-6-10-4-2-1-3-5-11(10)13/h10-13H,1-9H2. The molecule has 3 nitrogen and oxygen atoms in total. The van der Waals surface area contributed by atoms with E-state index < -0.39 is 0 Å². The first-order valence-corrected chi connectivity index (χ1v) is 5.71. The minimum Gasteiger partial charge on any atom is -0.394 e. The van der Waals surface area contributed by atoms with Crippen molar-refractivity contribution in [3.05, 3.63) is 0 Å². The highest BCUT2D eigenvalue weighted by atomic mass is 16.5. The summed E-state index contributed by atoms with van der Waals surface area (Å²) >= 11 is 0. The Morgan fingerprint density at radius 1 is 1.07 bits per heavy atom. The van der Waals surface area contributed by atoms with Crippen molar-refractivity contribution in [1.29, 1.82) is 0 Å². The summed E-state index contributed by atoms with van der Waals surface area (Å²) in [5, 5.41) is 18.3. The van der Waals surface area contributed by atoms with Gasteiger partial charge in [-0.3, -0.25) is 0 Å². The van der Waals surface area contributed by atoms with E-state index in [0.717, 1.165) is 25.7 Å². The molecule has 0 aliphatic heterocycles. The topological polar surface area (TPSA) is 49.7 Å². The molecule has 14 heavy (non-hydrogen) atoms. The average molecular weight is 202 g/mol. The molecule has 2 atom stereocenters. The van der Waals surface area contributed by atoms with E-state index in [1.807, 2.05) is 0 Å². The minimum atomic E-state index is -0.129. The molecule has 0 aromatic heterocycles. The first-order valence-electron chi connectivity index (χ1n) is 5.71. The molecule has 1 aliphatic rings. The summed E-state index contributed by atoms with van der Waals surface area (Å²) in [6.07, 6.45) is 6.53. The summed E-state index contributed by atoms with van der Waals surface area (Å²) in [6, 6.07) is 0. The second kappa shape index (κ2) is 7.21. The van der Waals surface area contributed by atoms with Gasteiger partial charge in [0.1, 0.15) is 0 Å². The lowest BCUT2D eigenvalue weighted by atomic mass is 9.94. The molecule has 1 rings (SSSR count). The van der Waals surface area contributed by atoms with E-state index in [1.165, 1.54) is 12.8 Å². The maximum Gasteiger partial charge on any atom is 0.0697 e. The van der Waals surface area contributed by atoms with Crippen molar-refractivity contribution in [1.82, 2.24) is 0 Å². The maximum absolute atomic E-state index is 9.80. The highest BCUT2D eigenvalue weighted by Gasteiger charge is 2.20. The molecule has 0 aromatic carbocycles. The highest BCUT2D eigenvalue weighted by molar-refractivity contribution is 4.72. The van der Waals surface area contributed by atoms with Crippen molar-refractivity contribution in [2.24, 2.45) is 5.92 Å². The summed E-state index contributed by atoms with van der Waals surface area (Å²) in [7, 11) is 0. The lowest BCUT2D eigenvalue weighted by Gasteiger charge is -2.19. The molecule has 0 saturated heterocycles. The Morgan fingerprint density at radius 3 is 2.64 bits per heavy atom. The van der Waals surface area contributed by atoms with Crippen LogP contribution in [-0.2, 0) is 4.74 Å². The molecule has 0 amide bonds. The Hall–Kier alpha value is -0.120. The van der Waals surface area contributed by atoms with E-state index in [4.69, 9.17) is 9.84 Å². The molecular weight excluding hydrogens is 180 g/mol. The van der Waals surface area contributed by atoms with Gasteiger partial charge in [-0.2, -0.15) is 0 Å². The predicted octanol–water partition coefficient (Wildman–Crippen LogP) is 1.33. The van der Waals surface area contributed by atoms with Crippen LogP contribution in [0, 0.1) is 5.92 Å². The molecule has 0 bridgehead atoms. The number of hydrogen-bond acceptors (Lipinski definition) is 3. The molecule has 2 N–H and O–H groups in total. The minimum absolute atomic E-state index is 0.0905. The van der Waals surface area contributed by atoms with Crippen LogP contribution in [0.2, 0.25) is 0 Å². The Bertz CT molecular complexity index is 138. The molecule has 2 unspecified atom stereocenters. The van der Waals surface area contributed by atoms with Crippen molar-refractivity contribution in [2.75, 3.05) is 19.8 Å². The molecule has 1 fully saturated rings. The van der Waals surface area contributed by atoms with Gasteiger partial charge in [-0.05, 0) is 25.2 Å². The SMILES string of the molecule is OCCOCCC1CCCCCC1O. The van der Waals surface area contributed by atoms with Crippen LogP contribution in [0.3, 0.4) is 0 Å². The zero-order valence-electron chi connectivity index (χ0n) is 8.82. The van der Waals surface area contributed by atoms with Crippen LogP contribution >= 0.6 is 0 Å². The fourth-order valence-electron chi connectivity index (χ4n) is 2.10. The van der Waals surface area contributed by atoms with E-state index >= 15 is 0 Å². The van der Waals surface area contributed by atoms with Crippen molar-refractivity contribution >= 4 is 0 Å². The highest BCUT2D eigenvalue weighted by Crippen LogP contribution is 2.25. The fraction of sp³-hybridized carbons (Fsp3) is 1.00. The summed E-state index contributed by atoms with van der Waals surface area (Å²) < 4.78 is 5.21. The fourth-order valence-corrected chi connectivity index (χ4v) is 2.10. The molecule has 0 aromatic rings. The predicted molar refractivity (Wildman–Crippen MR) is 55.1 cm³/mol. The second-order valence-corrected chi connectivity index (χ2v) is 4.09. The molecule has 3 heteroatoms. The average Bonchev–Trinajstić information content (AvgIpc) is 2.39. The third kappa shape index (κ3) is 4.40. The van der Waals surface area contributed by atoms with Gasteiger partial charge in [-0.1, -0.05) is 19.3 Å². The van der Waals surface area contributed by atoms with Gasteiger partial charge < -0.3 is 14.9 Å². The second-order valence-electron chi connectivity index (χ2n) is 4.09. The first-order chi connectivity index (χ1) is 6.84. The number of aliphatic hydroxyl groups excluding tert-OH is 2. The zero-order valence-corrected chi connectivity index (χ0v) is 8.82. The third-order valence-electron chi connectivity index (χ3n) is 2.99. The number of ether oxygens (including phenoxy) is 1. The monoisotopic (exact) mass is 202 g/mol. The van der Waals surface area contributed by atoms with Gasteiger partial charge in [0.05, 0.1) is 19.3 Å². The third-order valence-corrected chi connectivity index (χ3v) is 2.99. The summed E-state index contributed by atoms with van der Waals surface area (Å²) in [6.45, 7) is 1.18. The van der Waals surface area contributed by atoms with Crippen LogP contribution in [0.4, 0.5) is 0 Å². The molecule has 0 radical (unpaired) electrons. The van der Waals surface area contributed by atoms with E-state index in [0.29, 0.717) is 19.1 Å². The van der Waals surface area contributed by atoms with Crippen LogP contribution < -0.4 is 0 Å². The number of hydrogen-bond donors (Lipinski definition) is 2. The van der Waals surface area contributed by atoms with Gasteiger partial charge in [-0.25, -0.2) is 0 Å². The van der Waals surface area contributed by atoms with Gasteiger partial charge in [0.25, 0.3) is 0 Å². The van der Waals surface area contributed by atoms with E-state index in [1.54, 1.807) is 0 Å². The van der Waals surface area contributed by atoms with E-state index in [2.05, 4.69) is 0 Å².